The average molecular weight is 251 g/mol. The lowest BCUT2D eigenvalue weighted by Gasteiger charge is -2.40. The van der Waals surface area contributed by atoms with Crippen LogP contribution in [0.1, 0.15) is 27.7 Å². The van der Waals surface area contributed by atoms with E-state index in [2.05, 4.69) is 0 Å². The molecule has 0 aromatic carbocycles. The molecule has 4 atom stereocenters. The number of carbonyl (C=O) groups is 1. The predicted octanol–water partition coefficient (Wildman–Crippen LogP) is 1.03. The first-order chi connectivity index (χ1) is 6.95. The van der Waals surface area contributed by atoms with Crippen LogP contribution < -0.4 is 5.73 Å². The molecule has 4 unspecified atom stereocenters. The highest BCUT2D eigenvalue weighted by atomic mass is 35.5. The minimum Gasteiger partial charge on any atom is -0.377 e. The molecular weight excluding hydrogens is 228 g/mol. The van der Waals surface area contributed by atoms with Gasteiger partial charge in [-0.3, -0.25) is 4.79 Å². The Bertz CT molecular complexity index is 226. The lowest BCUT2D eigenvalue weighted by Crippen LogP contribution is -2.55. The molecule has 0 saturated carbocycles. The summed E-state index contributed by atoms with van der Waals surface area (Å²) in [6.45, 7) is 9.05. The molecule has 0 spiro atoms. The Morgan fingerprint density at radius 3 is 2.12 bits per heavy atom. The number of nitrogens with two attached hydrogens (primary N) is 1. The standard InChI is InChI=1S/C11H22N2O2.ClH/c1-7-5-15-6-8(2)13(7)11(14)9(3)10(4)12;/h7-10H,5-6,12H2,1-4H3;1H. The molecule has 4 nitrogen and oxygen atoms in total. The van der Waals surface area contributed by atoms with Crippen molar-refractivity contribution < 1.29 is 9.53 Å². The smallest absolute Gasteiger partial charge is 0.227 e. The highest BCUT2D eigenvalue weighted by Crippen LogP contribution is 2.17. The fraction of sp³-hybridized carbons (Fsp3) is 0.909. The maximum absolute atomic E-state index is 12.2. The minimum absolute atomic E-state index is 0. The fourth-order valence-electron chi connectivity index (χ4n) is 1.90. The van der Waals surface area contributed by atoms with E-state index in [1.807, 2.05) is 32.6 Å². The Balaban J connectivity index is 0.00000225. The normalized spacial score (nSPS) is 29.2. The zero-order chi connectivity index (χ0) is 11.6. The maximum Gasteiger partial charge on any atom is 0.227 e. The first kappa shape index (κ1) is 15.7. The van der Waals surface area contributed by atoms with Crippen molar-refractivity contribution in [2.75, 3.05) is 13.2 Å². The summed E-state index contributed by atoms with van der Waals surface area (Å²) < 4.78 is 5.39. The van der Waals surface area contributed by atoms with Crippen molar-refractivity contribution in [3.63, 3.8) is 0 Å². The second-order valence-corrected chi connectivity index (χ2v) is 4.63. The van der Waals surface area contributed by atoms with Crippen molar-refractivity contribution >= 4 is 18.3 Å². The summed E-state index contributed by atoms with van der Waals surface area (Å²) in [4.78, 5) is 14.1. The number of amides is 1. The molecule has 1 aliphatic heterocycles. The molecule has 0 aromatic rings. The molecule has 1 fully saturated rings. The van der Waals surface area contributed by atoms with Gasteiger partial charge in [-0.25, -0.2) is 0 Å². The van der Waals surface area contributed by atoms with Gasteiger partial charge >= 0.3 is 0 Å². The van der Waals surface area contributed by atoms with Crippen molar-refractivity contribution in [1.82, 2.24) is 4.90 Å². The molecule has 0 aromatic heterocycles. The van der Waals surface area contributed by atoms with E-state index >= 15 is 0 Å². The monoisotopic (exact) mass is 250 g/mol. The van der Waals surface area contributed by atoms with Crippen LogP contribution in [0.2, 0.25) is 0 Å². The minimum atomic E-state index is -0.118. The van der Waals surface area contributed by atoms with Crippen molar-refractivity contribution in [3.8, 4) is 0 Å². The quantitative estimate of drug-likeness (QED) is 0.797. The average Bonchev–Trinajstić information content (AvgIpc) is 2.15. The molecule has 1 heterocycles. The van der Waals surface area contributed by atoms with Crippen LogP contribution in [0.25, 0.3) is 0 Å². The fourth-order valence-corrected chi connectivity index (χ4v) is 1.90. The number of hydrogen-bond acceptors (Lipinski definition) is 3. The van der Waals surface area contributed by atoms with Gasteiger partial charge in [0.1, 0.15) is 0 Å². The first-order valence-corrected chi connectivity index (χ1v) is 5.60. The molecule has 0 radical (unpaired) electrons. The summed E-state index contributed by atoms with van der Waals surface area (Å²) in [6, 6.07) is 0.213. The van der Waals surface area contributed by atoms with Gasteiger partial charge in [0.05, 0.1) is 31.2 Å². The third-order valence-corrected chi connectivity index (χ3v) is 3.10. The highest BCUT2D eigenvalue weighted by molar-refractivity contribution is 5.85. The van der Waals surface area contributed by atoms with Gasteiger partial charge in [0, 0.05) is 6.04 Å². The summed E-state index contributed by atoms with van der Waals surface area (Å²) >= 11 is 0. The van der Waals surface area contributed by atoms with Gasteiger partial charge in [0.25, 0.3) is 0 Å². The van der Waals surface area contributed by atoms with Gasteiger partial charge in [0.2, 0.25) is 5.91 Å². The van der Waals surface area contributed by atoms with E-state index in [1.165, 1.54) is 0 Å². The Kier molecular flexibility index (Phi) is 6.30. The number of hydrogen-bond donors (Lipinski definition) is 1. The van der Waals surface area contributed by atoms with Crippen LogP contribution in [0.3, 0.4) is 0 Å². The Labute approximate surface area is 104 Å². The van der Waals surface area contributed by atoms with E-state index in [0.29, 0.717) is 13.2 Å². The van der Waals surface area contributed by atoms with Gasteiger partial charge in [-0.15, -0.1) is 12.4 Å². The van der Waals surface area contributed by atoms with Crippen LogP contribution in [0.4, 0.5) is 0 Å². The van der Waals surface area contributed by atoms with Crippen LogP contribution in [-0.4, -0.2) is 42.1 Å². The highest BCUT2D eigenvalue weighted by Gasteiger charge is 2.33. The molecule has 16 heavy (non-hydrogen) atoms. The zero-order valence-corrected chi connectivity index (χ0v) is 11.3. The number of ether oxygens (including phenoxy) is 1. The van der Waals surface area contributed by atoms with E-state index in [0.717, 1.165) is 0 Å². The van der Waals surface area contributed by atoms with Crippen LogP contribution in [0.15, 0.2) is 0 Å². The molecule has 0 bridgehead atoms. The number of rotatable bonds is 2. The van der Waals surface area contributed by atoms with Gasteiger partial charge in [-0.1, -0.05) is 6.92 Å². The van der Waals surface area contributed by atoms with Gasteiger partial charge < -0.3 is 15.4 Å². The van der Waals surface area contributed by atoms with E-state index in [1.54, 1.807) is 0 Å². The number of morpholine rings is 1. The van der Waals surface area contributed by atoms with Crippen molar-refractivity contribution in [2.45, 2.75) is 45.8 Å². The SMILES string of the molecule is CC(N)C(C)C(=O)N1C(C)COCC1C.Cl. The summed E-state index contributed by atoms with van der Waals surface area (Å²) in [7, 11) is 0. The topological polar surface area (TPSA) is 55.6 Å². The van der Waals surface area contributed by atoms with Gasteiger partial charge in [-0.2, -0.15) is 0 Å². The molecule has 1 saturated heterocycles. The summed E-state index contributed by atoms with van der Waals surface area (Å²) in [5.74, 6) is 0.0290. The molecular formula is C11H23ClN2O2. The lowest BCUT2D eigenvalue weighted by molar-refractivity contribution is -0.148. The summed E-state index contributed by atoms with van der Waals surface area (Å²) in [6.07, 6.45) is 0. The van der Waals surface area contributed by atoms with Crippen LogP contribution in [0.5, 0.6) is 0 Å². The van der Waals surface area contributed by atoms with E-state index in [-0.39, 0.29) is 42.4 Å². The summed E-state index contributed by atoms with van der Waals surface area (Å²) in [5.41, 5.74) is 5.76. The van der Waals surface area contributed by atoms with Gasteiger partial charge in [-0.05, 0) is 20.8 Å². The Morgan fingerprint density at radius 2 is 1.75 bits per heavy atom. The van der Waals surface area contributed by atoms with E-state index in [9.17, 15) is 4.79 Å². The molecule has 0 aliphatic carbocycles. The number of carbonyl (C=O) groups excluding carboxylic acids is 1. The maximum atomic E-state index is 12.2. The predicted molar refractivity (Wildman–Crippen MR) is 66.7 cm³/mol. The van der Waals surface area contributed by atoms with Crippen LogP contribution >= 0.6 is 12.4 Å². The summed E-state index contributed by atoms with van der Waals surface area (Å²) in [5, 5.41) is 0. The van der Waals surface area contributed by atoms with Crippen molar-refractivity contribution in [2.24, 2.45) is 11.7 Å². The largest absolute Gasteiger partial charge is 0.377 e. The van der Waals surface area contributed by atoms with E-state index < -0.39 is 0 Å². The van der Waals surface area contributed by atoms with E-state index in [4.69, 9.17) is 10.5 Å². The third kappa shape index (κ3) is 3.34. The first-order valence-electron chi connectivity index (χ1n) is 5.60. The molecule has 1 amide bonds. The van der Waals surface area contributed by atoms with Crippen LogP contribution in [-0.2, 0) is 9.53 Å². The third-order valence-electron chi connectivity index (χ3n) is 3.10. The van der Waals surface area contributed by atoms with Crippen LogP contribution in [0, 0.1) is 5.92 Å². The zero-order valence-electron chi connectivity index (χ0n) is 10.5. The Morgan fingerprint density at radius 1 is 1.31 bits per heavy atom. The Hall–Kier alpha value is -0.320. The molecule has 1 aliphatic rings. The van der Waals surface area contributed by atoms with Crippen molar-refractivity contribution in [3.05, 3.63) is 0 Å². The number of halogens is 1. The lowest BCUT2D eigenvalue weighted by atomic mass is 10.0. The molecule has 1 rings (SSSR count). The molecule has 5 heteroatoms. The molecule has 2 N–H and O–H groups in total. The van der Waals surface area contributed by atoms with Gasteiger partial charge in [0.15, 0.2) is 0 Å². The second kappa shape index (κ2) is 6.42. The van der Waals surface area contributed by atoms with Crippen molar-refractivity contribution in [1.29, 1.82) is 0 Å². The second-order valence-electron chi connectivity index (χ2n) is 4.63. The molecule has 96 valence electrons. The number of nitrogens with zero attached hydrogens (tertiary/aromatic N) is 1.